The first-order chi connectivity index (χ1) is 10.1. The molecule has 0 bridgehead atoms. The van der Waals surface area contributed by atoms with E-state index in [9.17, 15) is 9.59 Å². The number of carbonyl (C=O) groups is 2. The van der Waals surface area contributed by atoms with Gasteiger partial charge in [-0.15, -0.1) is 0 Å². The zero-order chi connectivity index (χ0) is 15.2. The van der Waals surface area contributed by atoms with Gasteiger partial charge in [0.05, 0.1) is 0 Å². The highest BCUT2D eigenvalue weighted by Gasteiger charge is 2.21. The molecule has 1 saturated heterocycles. The summed E-state index contributed by atoms with van der Waals surface area (Å²) >= 11 is 0. The van der Waals surface area contributed by atoms with E-state index in [4.69, 9.17) is 5.11 Å². The van der Waals surface area contributed by atoms with Crippen molar-refractivity contribution in [3.8, 4) is 0 Å². The van der Waals surface area contributed by atoms with Crippen molar-refractivity contribution >= 4 is 17.4 Å². The van der Waals surface area contributed by atoms with Crippen molar-refractivity contribution in [2.45, 2.75) is 19.8 Å². The summed E-state index contributed by atoms with van der Waals surface area (Å²) in [6.45, 7) is 4.28. The van der Waals surface area contributed by atoms with Gasteiger partial charge in [0.1, 0.15) is 0 Å². The quantitative estimate of drug-likeness (QED) is 0.780. The van der Waals surface area contributed by atoms with E-state index in [1.54, 1.807) is 24.3 Å². The number of amides is 1. The standard InChI is InChI=1S/C16H22N2O3/c1-12(20)14-2-4-15(5-3-14)17-16(21)7-9-18-8-6-13(10-18)11-19/h2-5,13,19H,6-11H2,1H3,(H,17,21). The number of Topliss-reactive ketones (excluding diaryl/α,β-unsaturated/α-hetero) is 1. The van der Waals surface area contributed by atoms with E-state index >= 15 is 0 Å². The number of aliphatic hydroxyl groups excluding tert-OH is 1. The largest absolute Gasteiger partial charge is 0.396 e. The molecule has 0 spiro atoms. The molecule has 2 rings (SSSR count). The van der Waals surface area contributed by atoms with Crippen LogP contribution in [0.4, 0.5) is 5.69 Å². The van der Waals surface area contributed by atoms with Gasteiger partial charge in [-0.3, -0.25) is 9.59 Å². The number of rotatable bonds is 6. The summed E-state index contributed by atoms with van der Waals surface area (Å²) in [5, 5.41) is 11.9. The first kappa shape index (κ1) is 15.7. The number of ketones is 1. The SMILES string of the molecule is CC(=O)c1ccc(NC(=O)CCN2CCC(CO)C2)cc1. The summed E-state index contributed by atoms with van der Waals surface area (Å²) < 4.78 is 0. The molecule has 5 heteroatoms. The van der Waals surface area contributed by atoms with Gasteiger partial charge >= 0.3 is 0 Å². The highest BCUT2D eigenvalue weighted by molar-refractivity contribution is 5.95. The lowest BCUT2D eigenvalue weighted by Gasteiger charge is -2.15. The van der Waals surface area contributed by atoms with Crippen LogP contribution >= 0.6 is 0 Å². The maximum Gasteiger partial charge on any atom is 0.225 e. The summed E-state index contributed by atoms with van der Waals surface area (Å²) in [6.07, 6.45) is 1.44. The Morgan fingerprint density at radius 1 is 1.33 bits per heavy atom. The van der Waals surface area contributed by atoms with Gasteiger partial charge in [-0.1, -0.05) is 0 Å². The van der Waals surface area contributed by atoms with Gasteiger partial charge < -0.3 is 15.3 Å². The predicted octanol–water partition coefficient (Wildman–Crippen LogP) is 1.53. The van der Waals surface area contributed by atoms with Crippen LogP contribution in [0.1, 0.15) is 30.1 Å². The molecule has 0 aliphatic carbocycles. The fourth-order valence-electron chi connectivity index (χ4n) is 2.54. The number of carbonyl (C=O) groups excluding carboxylic acids is 2. The number of aliphatic hydroxyl groups is 1. The van der Waals surface area contributed by atoms with Crippen LogP contribution in [0.5, 0.6) is 0 Å². The van der Waals surface area contributed by atoms with Gasteiger partial charge in [0, 0.05) is 37.4 Å². The van der Waals surface area contributed by atoms with Gasteiger partial charge in [-0.05, 0) is 50.1 Å². The molecule has 1 fully saturated rings. The van der Waals surface area contributed by atoms with Gasteiger partial charge in [-0.2, -0.15) is 0 Å². The molecule has 114 valence electrons. The van der Waals surface area contributed by atoms with Crippen molar-refractivity contribution in [1.82, 2.24) is 4.90 Å². The summed E-state index contributed by atoms with van der Waals surface area (Å²) in [6, 6.07) is 6.91. The Bertz CT molecular complexity index is 499. The number of likely N-dealkylation sites (tertiary alicyclic amines) is 1. The molecule has 1 atom stereocenters. The fourth-order valence-corrected chi connectivity index (χ4v) is 2.54. The van der Waals surface area contributed by atoms with E-state index in [1.165, 1.54) is 6.92 Å². The molecule has 1 aliphatic rings. The van der Waals surface area contributed by atoms with Crippen LogP contribution in [-0.4, -0.2) is 47.9 Å². The number of hydrogen-bond donors (Lipinski definition) is 2. The fraction of sp³-hybridized carbons (Fsp3) is 0.500. The lowest BCUT2D eigenvalue weighted by atomic mass is 10.1. The highest BCUT2D eigenvalue weighted by atomic mass is 16.3. The predicted molar refractivity (Wildman–Crippen MR) is 81.3 cm³/mol. The third-order valence-corrected chi connectivity index (χ3v) is 3.86. The minimum atomic E-state index is -0.0296. The molecule has 0 saturated carbocycles. The van der Waals surface area contributed by atoms with Crippen molar-refractivity contribution in [3.63, 3.8) is 0 Å². The average molecular weight is 290 g/mol. The van der Waals surface area contributed by atoms with Gasteiger partial charge in [0.15, 0.2) is 5.78 Å². The maximum atomic E-state index is 11.9. The summed E-state index contributed by atoms with van der Waals surface area (Å²) in [5.74, 6) is 0.338. The van der Waals surface area contributed by atoms with Crippen LogP contribution in [0, 0.1) is 5.92 Å². The second-order valence-electron chi connectivity index (χ2n) is 5.57. The number of benzene rings is 1. The molecule has 0 radical (unpaired) electrons. The Labute approximate surface area is 125 Å². The minimum Gasteiger partial charge on any atom is -0.396 e. The molecule has 1 amide bonds. The van der Waals surface area contributed by atoms with Crippen molar-refractivity contribution in [3.05, 3.63) is 29.8 Å². The Balaban J connectivity index is 1.75. The molecule has 2 N–H and O–H groups in total. The molecule has 1 heterocycles. The van der Waals surface area contributed by atoms with Crippen LogP contribution in [0.25, 0.3) is 0 Å². The van der Waals surface area contributed by atoms with Gasteiger partial charge in [-0.25, -0.2) is 0 Å². The highest BCUT2D eigenvalue weighted by Crippen LogP contribution is 2.16. The monoisotopic (exact) mass is 290 g/mol. The smallest absolute Gasteiger partial charge is 0.225 e. The van der Waals surface area contributed by atoms with Crippen LogP contribution in [0.3, 0.4) is 0 Å². The van der Waals surface area contributed by atoms with E-state index in [-0.39, 0.29) is 18.3 Å². The van der Waals surface area contributed by atoms with E-state index < -0.39 is 0 Å². The maximum absolute atomic E-state index is 11.9. The molecule has 1 aliphatic heterocycles. The molecular formula is C16H22N2O3. The second-order valence-corrected chi connectivity index (χ2v) is 5.57. The molecule has 1 unspecified atom stereocenters. The Kier molecular flexibility index (Phi) is 5.47. The normalized spacial score (nSPS) is 18.7. The molecule has 21 heavy (non-hydrogen) atoms. The minimum absolute atomic E-state index is 0.0142. The second kappa shape index (κ2) is 7.33. The molecule has 1 aromatic carbocycles. The summed E-state index contributed by atoms with van der Waals surface area (Å²) in [4.78, 5) is 25.3. The van der Waals surface area contributed by atoms with Crippen molar-refractivity contribution in [1.29, 1.82) is 0 Å². The topological polar surface area (TPSA) is 69.6 Å². The van der Waals surface area contributed by atoms with Crippen LogP contribution < -0.4 is 5.32 Å². The number of nitrogens with one attached hydrogen (secondary N) is 1. The molecular weight excluding hydrogens is 268 g/mol. The van der Waals surface area contributed by atoms with Gasteiger partial charge in [0.25, 0.3) is 0 Å². The summed E-state index contributed by atoms with van der Waals surface area (Å²) in [5.41, 5.74) is 1.35. The van der Waals surface area contributed by atoms with Crippen LogP contribution in [0.2, 0.25) is 0 Å². The number of nitrogens with zero attached hydrogens (tertiary/aromatic N) is 1. The van der Waals surface area contributed by atoms with Crippen molar-refractivity contribution < 1.29 is 14.7 Å². The first-order valence-corrected chi connectivity index (χ1v) is 7.32. The zero-order valence-electron chi connectivity index (χ0n) is 12.3. The van der Waals surface area contributed by atoms with E-state index in [2.05, 4.69) is 10.2 Å². The lowest BCUT2D eigenvalue weighted by Crippen LogP contribution is -2.26. The third-order valence-electron chi connectivity index (χ3n) is 3.86. The van der Waals surface area contributed by atoms with Crippen molar-refractivity contribution in [2.24, 2.45) is 5.92 Å². The van der Waals surface area contributed by atoms with Crippen LogP contribution in [0.15, 0.2) is 24.3 Å². The molecule has 5 nitrogen and oxygen atoms in total. The van der Waals surface area contributed by atoms with E-state index in [1.807, 2.05) is 0 Å². The number of hydrogen-bond acceptors (Lipinski definition) is 4. The average Bonchev–Trinajstić information content (AvgIpc) is 2.94. The van der Waals surface area contributed by atoms with Crippen LogP contribution in [-0.2, 0) is 4.79 Å². The Hall–Kier alpha value is -1.72. The van der Waals surface area contributed by atoms with E-state index in [0.717, 1.165) is 19.5 Å². The van der Waals surface area contributed by atoms with Crippen molar-refractivity contribution in [2.75, 3.05) is 31.6 Å². The van der Waals surface area contributed by atoms with E-state index in [0.29, 0.717) is 30.1 Å². The Morgan fingerprint density at radius 2 is 2.05 bits per heavy atom. The first-order valence-electron chi connectivity index (χ1n) is 7.32. The zero-order valence-corrected chi connectivity index (χ0v) is 12.3. The Morgan fingerprint density at radius 3 is 2.62 bits per heavy atom. The number of anilines is 1. The summed E-state index contributed by atoms with van der Waals surface area (Å²) in [7, 11) is 0. The third kappa shape index (κ3) is 4.65. The van der Waals surface area contributed by atoms with Gasteiger partial charge in [0.2, 0.25) is 5.91 Å². The molecule has 1 aromatic rings. The lowest BCUT2D eigenvalue weighted by molar-refractivity contribution is -0.116. The molecule has 0 aromatic heterocycles.